The Morgan fingerprint density at radius 1 is 1.45 bits per heavy atom. The van der Waals surface area contributed by atoms with Crippen LogP contribution in [0, 0.1) is 11.3 Å². The van der Waals surface area contributed by atoms with Gasteiger partial charge in [-0.3, -0.25) is 5.32 Å². The zero-order valence-electron chi connectivity index (χ0n) is 11.8. The molecule has 1 atom stereocenters. The van der Waals surface area contributed by atoms with E-state index in [0.29, 0.717) is 5.22 Å². The molecule has 0 aliphatic rings. The molecule has 2 rings (SSSR count). The summed E-state index contributed by atoms with van der Waals surface area (Å²) in [5.41, 5.74) is 1.28. The van der Waals surface area contributed by atoms with Crippen molar-refractivity contribution in [3.05, 3.63) is 24.3 Å². The van der Waals surface area contributed by atoms with Crippen LogP contribution in [0.25, 0.3) is 11.1 Å². The maximum absolute atomic E-state index is 9.18. The molecule has 0 amide bonds. The molecule has 1 aromatic heterocycles. The molecule has 1 N–H and O–H groups in total. The van der Waals surface area contributed by atoms with Gasteiger partial charge in [-0.05, 0) is 38.4 Å². The van der Waals surface area contributed by atoms with Gasteiger partial charge in [0.15, 0.2) is 5.58 Å². The number of nitrogens with one attached hydrogen (secondary N) is 1. The van der Waals surface area contributed by atoms with Crippen molar-refractivity contribution in [3.8, 4) is 6.07 Å². The van der Waals surface area contributed by atoms with E-state index >= 15 is 0 Å². The minimum Gasteiger partial charge on any atom is -0.431 e. The molecule has 4 nitrogen and oxygen atoms in total. The predicted octanol–water partition coefficient (Wildman–Crippen LogP) is 3.59. The van der Waals surface area contributed by atoms with Crippen LogP contribution in [0.4, 0.5) is 0 Å². The quantitative estimate of drug-likeness (QED) is 0.623. The first-order valence-corrected chi connectivity index (χ1v) is 7.80. The lowest BCUT2D eigenvalue weighted by Crippen LogP contribution is -2.40. The van der Waals surface area contributed by atoms with Crippen molar-refractivity contribution in [2.24, 2.45) is 0 Å². The number of aromatic nitrogens is 1. The number of nitrogens with zero attached hydrogens (tertiary/aromatic N) is 2. The highest BCUT2D eigenvalue weighted by atomic mass is 32.2. The maximum atomic E-state index is 9.18. The topological polar surface area (TPSA) is 61.9 Å². The third kappa shape index (κ3) is 3.75. The zero-order chi connectivity index (χ0) is 14.4. The molecule has 20 heavy (non-hydrogen) atoms. The van der Waals surface area contributed by atoms with E-state index in [9.17, 15) is 5.26 Å². The van der Waals surface area contributed by atoms with Gasteiger partial charge in [-0.1, -0.05) is 30.8 Å². The van der Waals surface area contributed by atoms with Crippen molar-refractivity contribution < 1.29 is 4.42 Å². The van der Waals surface area contributed by atoms with Gasteiger partial charge in [-0.15, -0.1) is 0 Å². The first-order valence-electron chi connectivity index (χ1n) is 6.81. The van der Waals surface area contributed by atoms with Crippen molar-refractivity contribution in [1.29, 1.82) is 5.26 Å². The van der Waals surface area contributed by atoms with Crippen LogP contribution >= 0.6 is 11.8 Å². The van der Waals surface area contributed by atoms with Crippen molar-refractivity contribution in [3.63, 3.8) is 0 Å². The van der Waals surface area contributed by atoms with Gasteiger partial charge in [0.2, 0.25) is 0 Å². The number of para-hydroxylation sites is 2. The van der Waals surface area contributed by atoms with E-state index in [1.807, 2.05) is 38.1 Å². The molecule has 1 heterocycles. The molecule has 1 unspecified atom stereocenters. The van der Waals surface area contributed by atoms with Gasteiger partial charge >= 0.3 is 0 Å². The number of hydrogen-bond donors (Lipinski definition) is 1. The summed E-state index contributed by atoms with van der Waals surface area (Å²) in [4.78, 5) is 4.42. The normalized spacial score (nSPS) is 14.1. The van der Waals surface area contributed by atoms with Crippen LogP contribution < -0.4 is 5.32 Å². The molecule has 2 aromatic rings. The van der Waals surface area contributed by atoms with Gasteiger partial charge in [-0.2, -0.15) is 5.26 Å². The first kappa shape index (κ1) is 14.9. The highest BCUT2D eigenvalue weighted by Gasteiger charge is 2.21. The lowest BCUT2D eigenvalue weighted by atomic mass is 9.98. The van der Waals surface area contributed by atoms with Crippen molar-refractivity contribution in [1.82, 2.24) is 10.3 Å². The SMILES string of the molecule is CCNC(C)(C#N)CCCSc1nc2ccccc2o1. The number of fused-ring (bicyclic) bond motifs is 1. The number of oxazole rings is 1. The number of benzene rings is 1. The Morgan fingerprint density at radius 2 is 2.25 bits per heavy atom. The average molecular weight is 289 g/mol. The third-order valence-electron chi connectivity index (χ3n) is 3.13. The number of thioether (sulfide) groups is 1. The van der Waals surface area contributed by atoms with Crippen LogP contribution in [0.2, 0.25) is 0 Å². The van der Waals surface area contributed by atoms with Crippen LogP contribution in [0.5, 0.6) is 0 Å². The minimum absolute atomic E-state index is 0.434. The van der Waals surface area contributed by atoms with Crippen LogP contribution in [-0.4, -0.2) is 22.8 Å². The smallest absolute Gasteiger partial charge is 0.256 e. The lowest BCUT2D eigenvalue weighted by Gasteiger charge is -2.21. The highest BCUT2D eigenvalue weighted by molar-refractivity contribution is 7.99. The second-order valence-corrected chi connectivity index (χ2v) is 5.92. The van der Waals surface area contributed by atoms with Crippen molar-refractivity contribution in [2.75, 3.05) is 12.3 Å². The van der Waals surface area contributed by atoms with Gasteiger partial charge in [0, 0.05) is 5.75 Å². The van der Waals surface area contributed by atoms with Crippen LogP contribution in [0.1, 0.15) is 26.7 Å². The Labute approximate surface area is 123 Å². The fraction of sp³-hybridized carbons (Fsp3) is 0.467. The molecule has 0 bridgehead atoms. The molecular formula is C15H19N3OS. The summed E-state index contributed by atoms with van der Waals surface area (Å²) in [6.07, 6.45) is 1.77. The number of nitriles is 1. The van der Waals surface area contributed by atoms with Gasteiger partial charge in [0.05, 0.1) is 6.07 Å². The van der Waals surface area contributed by atoms with E-state index in [1.54, 1.807) is 11.8 Å². The van der Waals surface area contributed by atoms with Crippen LogP contribution in [0.15, 0.2) is 33.9 Å². The standard InChI is InChI=1S/C15H19N3OS/c1-3-17-15(2,11-16)9-6-10-20-14-18-12-7-4-5-8-13(12)19-14/h4-5,7-8,17H,3,6,9-10H2,1-2H3. The fourth-order valence-electron chi connectivity index (χ4n) is 2.07. The molecule has 1 aromatic carbocycles. The summed E-state index contributed by atoms with van der Waals surface area (Å²) < 4.78 is 5.65. The second-order valence-electron chi connectivity index (χ2n) is 4.87. The Kier molecular flexibility index (Phi) is 5.05. The summed E-state index contributed by atoms with van der Waals surface area (Å²) in [5, 5.41) is 13.1. The first-order chi connectivity index (χ1) is 9.67. The van der Waals surface area contributed by atoms with Gasteiger partial charge in [0.1, 0.15) is 11.1 Å². The van der Waals surface area contributed by atoms with Crippen molar-refractivity contribution >= 4 is 22.9 Å². The average Bonchev–Trinajstić information content (AvgIpc) is 2.87. The summed E-state index contributed by atoms with van der Waals surface area (Å²) in [6.45, 7) is 4.77. The summed E-state index contributed by atoms with van der Waals surface area (Å²) in [6, 6.07) is 10.1. The predicted molar refractivity (Wildman–Crippen MR) is 81.7 cm³/mol. The van der Waals surface area contributed by atoms with Crippen LogP contribution in [0.3, 0.4) is 0 Å². The molecule has 0 radical (unpaired) electrons. The maximum Gasteiger partial charge on any atom is 0.256 e. The summed E-state index contributed by atoms with van der Waals surface area (Å²) in [7, 11) is 0. The zero-order valence-corrected chi connectivity index (χ0v) is 12.7. The molecule has 0 saturated heterocycles. The Balaban J connectivity index is 1.83. The Bertz CT molecular complexity index is 571. The molecular weight excluding hydrogens is 270 g/mol. The lowest BCUT2D eigenvalue weighted by molar-refractivity contribution is 0.425. The van der Waals surface area contributed by atoms with E-state index in [-0.39, 0.29) is 0 Å². The molecule has 0 fully saturated rings. The van der Waals surface area contributed by atoms with Gasteiger partial charge < -0.3 is 4.42 Å². The van der Waals surface area contributed by atoms with E-state index < -0.39 is 5.54 Å². The second kappa shape index (κ2) is 6.78. The van der Waals surface area contributed by atoms with Crippen LogP contribution in [-0.2, 0) is 0 Å². The molecule has 0 aliphatic carbocycles. The molecule has 106 valence electrons. The van der Waals surface area contributed by atoms with Crippen molar-refractivity contribution in [2.45, 2.75) is 37.5 Å². The fourth-order valence-corrected chi connectivity index (χ4v) is 2.85. The largest absolute Gasteiger partial charge is 0.431 e. The van der Waals surface area contributed by atoms with Gasteiger partial charge in [-0.25, -0.2) is 4.98 Å². The minimum atomic E-state index is -0.434. The van der Waals surface area contributed by atoms with E-state index in [2.05, 4.69) is 16.4 Å². The molecule has 0 saturated carbocycles. The third-order valence-corrected chi connectivity index (χ3v) is 4.05. The number of hydrogen-bond acceptors (Lipinski definition) is 5. The monoisotopic (exact) mass is 289 g/mol. The number of rotatable bonds is 7. The van der Waals surface area contributed by atoms with E-state index in [0.717, 1.165) is 36.2 Å². The molecule has 0 spiro atoms. The Hall–Kier alpha value is -1.51. The Morgan fingerprint density at radius 3 is 2.95 bits per heavy atom. The highest BCUT2D eigenvalue weighted by Crippen LogP contribution is 2.24. The van der Waals surface area contributed by atoms with E-state index in [1.165, 1.54) is 0 Å². The summed E-state index contributed by atoms with van der Waals surface area (Å²) >= 11 is 1.60. The molecule has 5 heteroatoms. The summed E-state index contributed by atoms with van der Waals surface area (Å²) in [5.74, 6) is 0.898. The van der Waals surface area contributed by atoms with E-state index in [4.69, 9.17) is 4.42 Å². The molecule has 0 aliphatic heterocycles. The van der Waals surface area contributed by atoms with Gasteiger partial charge in [0.25, 0.3) is 5.22 Å².